The average Bonchev–Trinajstić information content (AvgIpc) is 2.52. The van der Waals surface area contributed by atoms with Crippen LogP contribution in [0.2, 0.25) is 0 Å². The zero-order valence-electron chi connectivity index (χ0n) is 8.38. The first-order chi connectivity index (χ1) is 7.07. The number of amides is 3. The van der Waals surface area contributed by atoms with Crippen LogP contribution in [0.3, 0.4) is 0 Å². The smallest absolute Gasteiger partial charge is 0.317 e. The number of halogens is 1. The summed E-state index contributed by atoms with van der Waals surface area (Å²) in [4.78, 5) is 23.6. The first kappa shape index (κ1) is 10.7. The van der Waals surface area contributed by atoms with Crippen molar-refractivity contribution >= 4 is 23.5 Å². The number of carbonyl (C=O) groups is 2. The molecule has 0 aromatic heterocycles. The lowest BCUT2D eigenvalue weighted by Crippen LogP contribution is -2.61. The fourth-order valence-corrected chi connectivity index (χ4v) is 2.47. The van der Waals surface area contributed by atoms with E-state index in [1.807, 2.05) is 0 Å². The summed E-state index contributed by atoms with van der Waals surface area (Å²) in [6.45, 7) is 2.52. The number of rotatable bonds is 2. The number of carbonyl (C=O) groups excluding carboxylic acids is 2. The van der Waals surface area contributed by atoms with E-state index in [4.69, 9.17) is 11.6 Å². The van der Waals surface area contributed by atoms with Crippen LogP contribution in [-0.4, -0.2) is 41.5 Å². The SMILES string of the molecule is O=C1CC(Cl)(CN2CCCC2)NC(=O)N1. The number of nitrogens with one attached hydrogen (secondary N) is 2. The quantitative estimate of drug-likeness (QED) is 0.529. The molecule has 2 rings (SSSR count). The first-order valence-electron chi connectivity index (χ1n) is 5.11. The van der Waals surface area contributed by atoms with Crippen LogP contribution in [-0.2, 0) is 4.79 Å². The molecular weight excluding hydrogens is 218 g/mol. The van der Waals surface area contributed by atoms with Crippen molar-refractivity contribution in [3.8, 4) is 0 Å². The number of nitrogens with zero attached hydrogens (tertiary/aromatic N) is 1. The minimum absolute atomic E-state index is 0.136. The van der Waals surface area contributed by atoms with Crippen molar-refractivity contribution in [2.75, 3.05) is 19.6 Å². The van der Waals surface area contributed by atoms with Crippen LogP contribution in [0.15, 0.2) is 0 Å². The number of urea groups is 1. The van der Waals surface area contributed by atoms with Crippen LogP contribution in [0.1, 0.15) is 19.3 Å². The van der Waals surface area contributed by atoms with Crippen molar-refractivity contribution in [1.82, 2.24) is 15.5 Å². The van der Waals surface area contributed by atoms with E-state index in [2.05, 4.69) is 15.5 Å². The molecule has 2 aliphatic heterocycles. The summed E-state index contributed by atoms with van der Waals surface area (Å²) in [5.74, 6) is -0.312. The molecule has 0 bridgehead atoms. The third kappa shape index (κ3) is 2.60. The molecule has 6 heteroatoms. The fraction of sp³-hybridized carbons (Fsp3) is 0.778. The molecule has 5 nitrogen and oxygen atoms in total. The highest BCUT2D eigenvalue weighted by Gasteiger charge is 2.38. The fourth-order valence-electron chi connectivity index (χ4n) is 2.09. The Kier molecular flexibility index (Phi) is 2.84. The van der Waals surface area contributed by atoms with Gasteiger partial charge < -0.3 is 5.32 Å². The minimum Gasteiger partial charge on any atom is -0.317 e. The van der Waals surface area contributed by atoms with Gasteiger partial charge in [-0.2, -0.15) is 0 Å². The molecular formula is C9H14ClN3O2. The summed E-state index contributed by atoms with van der Waals surface area (Å²) in [7, 11) is 0. The van der Waals surface area contributed by atoms with Crippen LogP contribution >= 0.6 is 11.6 Å². The lowest BCUT2D eigenvalue weighted by atomic mass is 10.1. The van der Waals surface area contributed by atoms with Gasteiger partial charge in [0.2, 0.25) is 5.91 Å². The van der Waals surface area contributed by atoms with Gasteiger partial charge in [0.05, 0.1) is 6.42 Å². The Bertz CT molecular complexity index is 273. The highest BCUT2D eigenvalue weighted by molar-refractivity contribution is 6.27. The summed E-state index contributed by atoms with van der Waals surface area (Å²) in [6.07, 6.45) is 2.46. The molecule has 0 spiro atoms. The largest absolute Gasteiger partial charge is 0.322 e. The first-order valence-corrected chi connectivity index (χ1v) is 5.48. The summed E-state index contributed by atoms with van der Waals surface area (Å²) in [5.41, 5.74) is 0. The minimum atomic E-state index is -0.927. The van der Waals surface area contributed by atoms with E-state index in [0.717, 1.165) is 25.9 Å². The topological polar surface area (TPSA) is 61.4 Å². The van der Waals surface area contributed by atoms with Crippen molar-refractivity contribution in [3.05, 3.63) is 0 Å². The molecule has 0 aliphatic carbocycles. The number of alkyl halides is 1. The van der Waals surface area contributed by atoms with Gasteiger partial charge in [-0.15, -0.1) is 0 Å². The number of imide groups is 1. The molecule has 1 atom stereocenters. The van der Waals surface area contributed by atoms with E-state index < -0.39 is 11.0 Å². The average molecular weight is 232 g/mol. The van der Waals surface area contributed by atoms with Crippen molar-refractivity contribution < 1.29 is 9.59 Å². The Labute approximate surface area is 93.1 Å². The van der Waals surface area contributed by atoms with E-state index in [9.17, 15) is 9.59 Å². The van der Waals surface area contributed by atoms with Gasteiger partial charge in [0.15, 0.2) is 0 Å². The molecule has 2 fully saturated rings. The molecule has 0 aromatic rings. The Hall–Kier alpha value is -0.810. The zero-order valence-corrected chi connectivity index (χ0v) is 9.14. The highest BCUT2D eigenvalue weighted by atomic mass is 35.5. The number of hydrogen-bond acceptors (Lipinski definition) is 3. The second kappa shape index (κ2) is 3.98. The lowest BCUT2D eigenvalue weighted by molar-refractivity contribution is -0.121. The van der Waals surface area contributed by atoms with Crippen molar-refractivity contribution in [3.63, 3.8) is 0 Å². The lowest BCUT2D eigenvalue weighted by Gasteiger charge is -2.34. The third-order valence-corrected chi connectivity index (χ3v) is 3.05. The maximum absolute atomic E-state index is 11.2. The van der Waals surface area contributed by atoms with Crippen molar-refractivity contribution in [1.29, 1.82) is 0 Å². The van der Waals surface area contributed by atoms with E-state index in [0.29, 0.717) is 6.54 Å². The normalized spacial score (nSPS) is 32.6. The second-order valence-corrected chi connectivity index (χ2v) is 4.85. The van der Waals surface area contributed by atoms with Gasteiger partial charge in [-0.3, -0.25) is 15.0 Å². The van der Waals surface area contributed by atoms with Gasteiger partial charge in [0.1, 0.15) is 5.00 Å². The van der Waals surface area contributed by atoms with Crippen molar-refractivity contribution in [2.45, 2.75) is 24.3 Å². The van der Waals surface area contributed by atoms with Gasteiger partial charge in [-0.05, 0) is 25.9 Å². The van der Waals surface area contributed by atoms with Crippen LogP contribution < -0.4 is 10.6 Å². The molecule has 2 saturated heterocycles. The highest BCUT2D eigenvalue weighted by Crippen LogP contribution is 2.22. The monoisotopic (exact) mass is 231 g/mol. The molecule has 2 heterocycles. The Balaban J connectivity index is 1.98. The van der Waals surface area contributed by atoms with E-state index in [-0.39, 0.29) is 12.3 Å². The number of hydrogen-bond donors (Lipinski definition) is 2. The Morgan fingerprint density at radius 1 is 1.33 bits per heavy atom. The summed E-state index contributed by atoms with van der Waals surface area (Å²) in [6, 6.07) is -0.500. The van der Waals surface area contributed by atoms with Gasteiger partial charge in [-0.25, -0.2) is 4.79 Å². The van der Waals surface area contributed by atoms with Gasteiger partial charge in [0, 0.05) is 6.54 Å². The summed E-state index contributed by atoms with van der Waals surface area (Å²) >= 11 is 6.21. The molecule has 0 radical (unpaired) electrons. The molecule has 84 valence electrons. The Morgan fingerprint density at radius 3 is 2.60 bits per heavy atom. The molecule has 2 N–H and O–H groups in total. The summed E-state index contributed by atoms with van der Waals surface area (Å²) in [5, 5.41) is 4.77. The molecule has 3 amide bonds. The predicted octanol–water partition coefficient (Wildman–Crippen LogP) is 0.247. The maximum Gasteiger partial charge on any atom is 0.322 e. The molecule has 15 heavy (non-hydrogen) atoms. The van der Waals surface area contributed by atoms with Gasteiger partial charge in [0.25, 0.3) is 0 Å². The molecule has 0 saturated carbocycles. The predicted molar refractivity (Wildman–Crippen MR) is 55.5 cm³/mol. The maximum atomic E-state index is 11.2. The third-order valence-electron chi connectivity index (χ3n) is 2.70. The van der Waals surface area contributed by atoms with Gasteiger partial charge in [-0.1, -0.05) is 11.6 Å². The van der Waals surface area contributed by atoms with E-state index >= 15 is 0 Å². The van der Waals surface area contributed by atoms with Crippen LogP contribution in [0.5, 0.6) is 0 Å². The second-order valence-electron chi connectivity index (χ2n) is 4.13. The zero-order chi connectivity index (χ0) is 10.9. The molecule has 1 unspecified atom stereocenters. The van der Waals surface area contributed by atoms with Crippen LogP contribution in [0.25, 0.3) is 0 Å². The van der Waals surface area contributed by atoms with Crippen molar-refractivity contribution in [2.24, 2.45) is 0 Å². The summed E-state index contributed by atoms with van der Waals surface area (Å²) < 4.78 is 0. The molecule has 0 aromatic carbocycles. The van der Waals surface area contributed by atoms with Crippen LogP contribution in [0, 0.1) is 0 Å². The van der Waals surface area contributed by atoms with Gasteiger partial charge >= 0.3 is 6.03 Å². The number of likely N-dealkylation sites (tertiary alicyclic amines) is 1. The van der Waals surface area contributed by atoms with E-state index in [1.54, 1.807) is 0 Å². The standard InChI is InChI=1S/C9H14ClN3O2/c10-9(6-13-3-1-2-4-13)5-7(14)11-8(15)12-9/h1-6H2,(H2,11,12,14,15). The van der Waals surface area contributed by atoms with E-state index in [1.165, 1.54) is 0 Å². The molecule has 2 aliphatic rings. The van der Waals surface area contributed by atoms with Crippen LogP contribution in [0.4, 0.5) is 4.79 Å². The Morgan fingerprint density at radius 2 is 2.00 bits per heavy atom.